The van der Waals surface area contributed by atoms with Crippen LogP contribution in [0.15, 0.2) is 24.3 Å². The summed E-state index contributed by atoms with van der Waals surface area (Å²) in [6.07, 6.45) is 1.87. The highest BCUT2D eigenvalue weighted by atomic mass is 16.5. The minimum absolute atomic E-state index is 0.0239. The fourth-order valence-corrected chi connectivity index (χ4v) is 2.01. The Bertz CT molecular complexity index is 416. The normalized spacial score (nSPS) is 12.2. The van der Waals surface area contributed by atoms with Crippen LogP contribution in [0.4, 0.5) is 0 Å². The van der Waals surface area contributed by atoms with Gasteiger partial charge in [-0.15, -0.1) is 0 Å². The van der Waals surface area contributed by atoms with Crippen LogP contribution in [0, 0.1) is 0 Å². The molecule has 1 atom stereocenters. The third kappa shape index (κ3) is 4.85. The Labute approximate surface area is 121 Å². The fraction of sp³-hybridized carbons (Fsp3) is 0.562. The summed E-state index contributed by atoms with van der Waals surface area (Å²) in [5.41, 5.74) is 0.727. The minimum atomic E-state index is -0.562. The first-order valence-corrected chi connectivity index (χ1v) is 7.31. The summed E-state index contributed by atoms with van der Waals surface area (Å²) in [5, 5.41) is 12.8. The lowest BCUT2D eigenvalue weighted by molar-refractivity contribution is -0.123. The largest absolute Gasteiger partial charge is 0.483 e. The van der Waals surface area contributed by atoms with E-state index in [0.717, 1.165) is 18.4 Å². The molecule has 20 heavy (non-hydrogen) atoms. The van der Waals surface area contributed by atoms with E-state index in [1.807, 2.05) is 39.0 Å². The molecule has 0 spiro atoms. The standard InChI is InChI=1S/C16H25NO3/c1-4-12(5-2)17-16(19)11-20-15-10-8-7-9-13(15)14(18)6-3/h7-10,12,14,18H,4-6,11H2,1-3H3,(H,17,19). The van der Waals surface area contributed by atoms with Crippen LogP contribution >= 0.6 is 0 Å². The molecule has 0 saturated heterocycles. The number of benzene rings is 1. The molecule has 1 rings (SSSR count). The van der Waals surface area contributed by atoms with Crippen molar-refractivity contribution >= 4 is 5.91 Å². The van der Waals surface area contributed by atoms with E-state index in [-0.39, 0.29) is 18.6 Å². The van der Waals surface area contributed by atoms with E-state index in [1.54, 1.807) is 6.07 Å². The van der Waals surface area contributed by atoms with Gasteiger partial charge in [0.25, 0.3) is 5.91 Å². The molecule has 0 heterocycles. The van der Waals surface area contributed by atoms with Crippen LogP contribution < -0.4 is 10.1 Å². The van der Waals surface area contributed by atoms with Gasteiger partial charge in [-0.1, -0.05) is 39.0 Å². The van der Waals surface area contributed by atoms with Gasteiger partial charge in [0.05, 0.1) is 6.10 Å². The lowest BCUT2D eigenvalue weighted by atomic mass is 10.1. The Morgan fingerprint density at radius 2 is 1.85 bits per heavy atom. The van der Waals surface area contributed by atoms with E-state index in [2.05, 4.69) is 5.32 Å². The summed E-state index contributed by atoms with van der Waals surface area (Å²) in [6.45, 7) is 5.97. The second-order valence-electron chi connectivity index (χ2n) is 4.83. The van der Waals surface area contributed by atoms with Gasteiger partial charge in [-0.2, -0.15) is 0 Å². The Balaban J connectivity index is 2.59. The first-order valence-electron chi connectivity index (χ1n) is 7.31. The highest BCUT2D eigenvalue weighted by molar-refractivity contribution is 5.77. The number of aliphatic hydroxyl groups is 1. The van der Waals surface area contributed by atoms with E-state index >= 15 is 0 Å². The van der Waals surface area contributed by atoms with Gasteiger partial charge >= 0.3 is 0 Å². The molecule has 0 aromatic heterocycles. The SMILES string of the molecule is CCC(CC)NC(=O)COc1ccccc1C(O)CC. The van der Waals surface area contributed by atoms with Gasteiger partial charge in [-0.05, 0) is 25.3 Å². The van der Waals surface area contributed by atoms with Crippen molar-refractivity contribution in [1.29, 1.82) is 0 Å². The first-order chi connectivity index (χ1) is 9.62. The van der Waals surface area contributed by atoms with Crippen molar-refractivity contribution in [3.63, 3.8) is 0 Å². The average molecular weight is 279 g/mol. The molecule has 0 aliphatic heterocycles. The van der Waals surface area contributed by atoms with Crippen LogP contribution in [-0.2, 0) is 4.79 Å². The molecule has 0 fully saturated rings. The number of carbonyl (C=O) groups is 1. The maximum Gasteiger partial charge on any atom is 0.258 e. The Morgan fingerprint density at radius 1 is 1.20 bits per heavy atom. The highest BCUT2D eigenvalue weighted by Gasteiger charge is 2.13. The number of hydrogen-bond acceptors (Lipinski definition) is 3. The molecule has 4 heteroatoms. The van der Waals surface area contributed by atoms with Crippen LogP contribution in [0.3, 0.4) is 0 Å². The molecule has 0 radical (unpaired) electrons. The van der Waals surface area contributed by atoms with E-state index < -0.39 is 6.10 Å². The smallest absolute Gasteiger partial charge is 0.258 e. The molecule has 112 valence electrons. The number of para-hydroxylation sites is 1. The van der Waals surface area contributed by atoms with Gasteiger partial charge in [0, 0.05) is 11.6 Å². The van der Waals surface area contributed by atoms with Crippen molar-refractivity contribution < 1.29 is 14.6 Å². The van der Waals surface area contributed by atoms with Crippen molar-refractivity contribution in [2.45, 2.75) is 52.2 Å². The van der Waals surface area contributed by atoms with E-state index in [4.69, 9.17) is 4.74 Å². The molecule has 1 unspecified atom stereocenters. The van der Waals surface area contributed by atoms with Crippen LogP contribution in [0.1, 0.15) is 51.7 Å². The zero-order chi connectivity index (χ0) is 15.0. The number of carbonyl (C=O) groups excluding carboxylic acids is 1. The van der Waals surface area contributed by atoms with Gasteiger partial charge in [-0.25, -0.2) is 0 Å². The van der Waals surface area contributed by atoms with E-state index in [0.29, 0.717) is 12.2 Å². The van der Waals surface area contributed by atoms with Gasteiger partial charge in [0.2, 0.25) is 0 Å². The summed E-state index contributed by atoms with van der Waals surface area (Å²) < 4.78 is 5.54. The Morgan fingerprint density at radius 3 is 2.45 bits per heavy atom. The van der Waals surface area contributed by atoms with Crippen molar-refractivity contribution in [1.82, 2.24) is 5.32 Å². The Hall–Kier alpha value is -1.55. The number of ether oxygens (including phenoxy) is 1. The van der Waals surface area contributed by atoms with Crippen LogP contribution in [-0.4, -0.2) is 23.7 Å². The lowest BCUT2D eigenvalue weighted by Crippen LogP contribution is -2.37. The van der Waals surface area contributed by atoms with Gasteiger partial charge in [0.15, 0.2) is 6.61 Å². The predicted molar refractivity (Wildman–Crippen MR) is 79.7 cm³/mol. The average Bonchev–Trinajstić information content (AvgIpc) is 2.50. The molecular weight excluding hydrogens is 254 g/mol. The van der Waals surface area contributed by atoms with Crippen LogP contribution in [0.25, 0.3) is 0 Å². The van der Waals surface area contributed by atoms with Crippen molar-refractivity contribution in [2.24, 2.45) is 0 Å². The number of hydrogen-bond donors (Lipinski definition) is 2. The predicted octanol–water partition coefficient (Wildman–Crippen LogP) is 2.81. The summed E-state index contributed by atoms with van der Waals surface area (Å²) in [6, 6.07) is 7.48. The first kappa shape index (κ1) is 16.5. The van der Waals surface area contributed by atoms with Crippen molar-refractivity contribution in [2.75, 3.05) is 6.61 Å². The molecule has 0 aliphatic rings. The molecule has 0 bridgehead atoms. The highest BCUT2D eigenvalue weighted by Crippen LogP contribution is 2.26. The molecule has 4 nitrogen and oxygen atoms in total. The fourth-order valence-electron chi connectivity index (χ4n) is 2.01. The molecule has 1 aromatic carbocycles. The van der Waals surface area contributed by atoms with Gasteiger partial charge < -0.3 is 15.2 Å². The second-order valence-corrected chi connectivity index (χ2v) is 4.83. The monoisotopic (exact) mass is 279 g/mol. The minimum Gasteiger partial charge on any atom is -0.483 e. The van der Waals surface area contributed by atoms with Crippen molar-refractivity contribution in [3.8, 4) is 5.75 Å². The van der Waals surface area contributed by atoms with Gasteiger partial charge in [-0.3, -0.25) is 4.79 Å². The number of nitrogens with one attached hydrogen (secondary N) is 1. The summed E-state index contributed by atoms with van der Waals surface area (Å²) in [4.78, 5) is 11.8. The topological polar surface area (TPSA) is 58.6 Å². The summed E-state index contributed by atoms with van der Waals surface area (Å²) in [7, 11) is 0. The second kappa shape index (κ2) is 8.59. The van der Waals surface area contributed by atoms with Crippen molar-refractivity contribution in [3.05, 3.63) is 29.8 Å². The van der Waals surface area contributed by atoms with E-state index in [9.17, 15) is 9.90 Å². The number of amides is 1. The van der Waals surface area contributed by atoms with Crippen LogP contribution in [0.2, 0.25) is 0 Å². The molecule has 2 N–H and O–H groups in total. The summed E-state index contributed by atoms with van der Waals surface area (Å²) in [5.74, 6) is 0.445. The van der Waals surface area contributed by atoms with Crippen LogP contribution in [0.5, 0.6) is 5.75 Å². The molecular formula is C16H25NO3. The third-order valence-electron chi connectivity index (χ3n) is 3.37. The third-order valence-corrected chi connectivity index (χ3v) is 3.37. The molecule has 1 aromatic rings. The maximum absolute atomic E-state index is 11.8. The molecule has 0 aliphatic carbocycles. The molecule has 1 amide bonds. The maximum atomic E-state index is 11.8. The Kier molecular flexibility index (Phi) is 7.09. The van der Waals surface area contributed by atoms with Gasteiger partial charge in [0.1, 0.15) is 5.75 Å². The quantitative estimate of drug-likeness (QED) is 0.769. The number of aliphatic hydroxyl groups excluding tert-OH is 1. The lowest BCUT2D eigenvalue weighted by Gasteiger charge is -2.17. The zero-order valence-electron chi connectivity index (χ0n) is 12.6. The number of rotatable bonds is 8. The molecule has 0 saturated carbocycles. The van der Waals surface area contributed by atoms with E-state index in [1.165, 1.54) is 0 Å². The summed E-state index contributed by atoms with van der Waals surface area (Å²) >= 11 is 0. The zero-order valence-corrected chi connectivity index (χ0v) is 12.6.